The highest BCUT2D eigenvalue weighted by molar-refractivity contribution is 5.79. The van der Waals surface area contributed by atoms with Crippen molar-refractivity contribution in [3.63, 3.8) is 0 Å². The summed E-state index contributed by atoms with van der Waals surface area (Å²) in [6, 6.07) is 7.26. The van der Waals surface area contributed by atoms with E-state index < -0.39 is 0 Å². The summed E-state index contributed by atoms with van der Waals surface area (Å²) in [5.41, 5.74) is 0.539. The fourth-order valence-corrected chi connectivity index (χ4v) is 2.61. The summed E-state index contributed by atoms with van der Waals surface area (Å²) in [6.07, 6.45) is 0. The summed E-state index contributed by atoms with van der Waals surface area (Å²) in [4.78, 5) is 35.0. The Morgan fingerprint density at radius 2 is 2.00 bits per heavy atom. The fraction of sp³-hybridized carbons (Fsp3) is 0.400. The molecule has 0 unspecified atom stereocenters. The van der Waals surface area contributed by atoms with Crippen LogP contribution in [0.2, 0.25) is 0 Å². The summed E-state index contributed by atoms with van der Waals surface area (Å²) in [6.45, 7) is 2.57. The van der Waals surface area contributed by atoms with Crippen LogP contribution in [-0.4, -0.2) is 60.7 Å². The van der Waals surface area contributed by atoms with E-state index in [0.29, 0.717) is 43.0 Å². The van der Waals surface area contributed by atoms with E-state index in [2.05, 4.69) is 9.97 Å². The number of methoxy groups -OCH3 is 1. The van der Waals surface area contributed by atoms with Crippen molar-refractivity contribution in [2.45, 2.75) is 0 Å². The van der Waals surface area contributed by atoms with Crippen molar-refractivity contribution in [1.82, 2.24) is 14.9 Å². The minimum absolute atomic E-state index is 0.0119. The second kappa shape index (κ2) is 6.15. The Bertz CT molecular complexity index is 735. The number of anilines is 1. The van der Waals surface area contributed by atoms with E-state index in [1.807, 2.05) is 23.1 Å². The largest absolute Gasteiger partial charge is 0.375 e. The molecule has 0 radical (unpaired) electrons. The first-order valence-electron chi connectivity index (χ1n) is 7.20. The number of carbonyl (C=O) groups excluding carboxylic acids is 1. The van der Waals surface area contributed by atoms with Crippen molar-refractivity contribution in [2.75, 3.05) is 44.8 Å². The zero-order valence-electron chi connectivity index (χ0n) is 12.4. The Balaban J connectivity index is 1.76. The number of para-hydroxylation sites is 1. The maximum atomic E-state index is 12.1. The molecule has 1 fully saturated rings. The molecule has 0 bridgehead atoms. The minimum Gasteiger partial charge on any atom is -0.375 e. The third-order valence-corrected chi connectivity index (χ3v) is 3.80. The molecule has 1 aromatic heterocycles. The summed E-state index contributed by atoms with van der Waals surface area (Å²) in [7, 11) is 1.51. The van der Waals surface area contributed by atoms with Crippen molar-refractivity contribution in [3.8, 4) is 0 Å². The molecule has 1 aliphatic heterocycles. The molecule has 3 rings (SSSR count). The van der Waals surface area contributed by atoms with Crippen molar-refractivity contribution in [2.24, 2.45) is 0 Å². The number of benzene rings is 1. The van der Waals surface area contributed by atoms with Gasteiger partial charge in [-0.15, -0.1) is 0 Å². The van der Waals surface area contributed by atoms with E-state index in [0.717, 1.165) is 0 Å². The summed E-state index contributed by atoms with van der Waals surface area (Å²) in [5, 5.41) is 0.583. The van der Waals surface area contributed by atoms with E-state index in [-0.39, 0.29) is 18.1 Å². The molecule has 2 aromatic rings. The molecule has 0 spiro atoms. The number of aromatic amines is 1. The number of ether oxygens (including phenoxy) is 1. The quantitative estimate of drug-likeness (QED) is 0.877. The molecule has 7 nitrogen and oxygen atoms in total. The van der Waals surface area contributed by atoms with Crippen LogP contribution in [0.4, 0.5) is 5.95 Å². The molecule has 1 aromatic carbocycles. The second-order valence-corrected chi connectivity index (χ2v) is 5.21. The van der Waals surface area contributed by atoms with Gasteiger partial charge in [0.05, 0.1) is 10.9 Å². The van der Waals surface area contributed by atoms with Crippen molar-refractivity contribution < 1.29 is 9.53 Å². The van der Waals surface area contributed by atoms with E-state index in [1.165, 1.54) is 7.11 Å². The zero-order valence-corrected chi connectivity index (χ0v) is 12.4. The molecule has 1 N–H and O–H groups in total. The van der Waals surface area contributed by atoms with Crippen LogP contribution >= 0.6 is 0 Å². The van der Waals surface area contributed by atoms with Gasteiger partial charge in [-0.25, -0.2) is 4.98 Å². The molecule has 1 aliphatic rings. The van der Waals surface area contributed by atoms with Gasteiger partial charge >= 0.3 is 0 Å². The van der Waals surface area contributed by atoms with Gasteiger partial charge in [0.2, 0.25) is 11.9 Å². The normalized spacial score (nSPS) is 15.3. The smallest absolute Gasteiger partial charge is 0.260 e. The molecule has 0 saturated carbocycles. The van der Waals surface area contributed by atoms with Crippen LogP contribution in [0.15, 0.2) is 29.1 Å². The number of nitrogens with zero attached hydrogens (tertiary/aromatic N) is 3. The van der Waals surface area contributed by atoms with E-state index in [4.69, 9.17) is 4.74 Å². The SMILES string of the molecule is COCC(=O)N1CCN(c2nc3ccccc3c(=O)[nH]2)CC1. The summed E-state index contributed by atoms with van der Waals surface area (Å²) >= 11 is 0. The molecule has 0 atom stereocenters. The predicted octanol–water partition coefficient (Wildman–Crippen LogP) is 0.218. The maximum absolute atomic E-state index is 12.1. The highest BCUT2D eigenvalue weighted by Gasteiger charge is 2.22. The molecule has 1 amide bonds. The molecule has 22 heavy (non-hydrogen) atoms. The fourth-order valence-electron chi connectivity index (χ4n) is 2.61. The molecular weight excluding hydrogens is 284 g/mol. The van der Waals surface area contributed by atoms with Gasteiger partial charge in [0, 0.05) is 33.3 Å². The van der Waals surface area contributed by atoms with Gasteiger partial charge in [-0.1, -0.05) is 12.1 Å². The van der Waals surface area contributed by atoms with Gasteiger partial charge in [0.15, 0.2) is 0 Å². The van der Waals surface area contributed by atoms with Crippen LogP contribution in [0.25, 0.3) is 10.9 Å². The molecule has 7 heteroatoms. The number of hydrogen-bond acceptors (Lipinski definition) is 5. The Kier molecular flexibility index (Phi) is 4.06. The Labute approximate surface area is 127 Å². The lowest BCUT2D eigenvalue weighted by Gasteiger charge is -2.34. The lowest BCUT2D eigenvalue weighted by molar-refractivity contribution is -0.135. The van der Waals surface area contributed by atoms with E-state index in [1.54, 1.807) is 11.0 Å². The number of rotatable bonds is 3. The predicted molar refractivity (Wildman–Crippen MR) is 83.0 cm³/mol. The first-order chi connectivity index (χ1) is 10.7. The summed E-state index contributed by atoms with van der Waals surface area (Å²) < 4.78 is 4.87. The molecule has 1 saturated heterocycles. The van der Waals surface area contributed by atoms with Crippen LogP contribution < -0.4 is 10.5 Å². The third-order valence-electron chi connectivity index (χ3n) is 3.80. The first kappa shape index (κ1) is 14.5. The third kappa shape index (κ3) is 2.80. The average molecular weight is 302 g/mol. The molecule has 2 heterocycles. The number of piperazine rings is 1. The van der Waals surface area contributed by atoms with Gasteiger partial charge in [0.1, 0.15) is 6.61 Å². The van der Waals surface area contributed by atoms with Gasteiger partial charge in [-0.3, -0.25) is 14.6 Å². The number of fused-ring (bicyclic) bond motifs is 1. The van der Waals surface area contributed by atoms with Gasteiger partial charge in [0.25, 0.3) is 5.56 Å². The number of H-pyrrole nitrogens is 1. The second-order valence-electron chi connectivity index (χ2n) is 5.21. The summed E-state index contributed by atoms with van der Waals surface area (Å²) in [5.74, 6) is 0.546. The van der Waals surface area contributed by atoms with Crippen LogP contribution in [0.1, 0.15) is 0 Å². The maximum Gasteiger partial charge on any atom is 0.260 e. The van der Waals surface area contributed by atoms with E-state index >= 15 is 0 Å². The number of hydrogen-bond donors (Lipinski definition) is 1. The van der Waals surface area contributed by atoms with Crippen LogP contribution in [0, 0.1) is 0 Å². The molecular formula is C15H18N4O3. The van der Waals surface area contributed by atoms with Crippen molar-refractivity contribution in [3.05, 3.63) is 34.6 Å². The number of aromatic nitrogens is 2. The number of amides is 1. The number of carbonyl (C=O) groups is 1. The topological polar surface area (TPSA) is 78.5 Å². The van der Waals surface area contributed by atoms with Crippen LogP contribution in [-0.2, 0) is 9.53 Å². The lowest BCUT2D eigenvalue weighted by Crippen LogP contribution is -2.50. The van der Waals surface area contributed by atoms with Gasteiger partial charge < -0.3 is 14.5 Å². The van der Waals surface area contributed by atoms with Gasteiger partial charge in [-0.2, -0.15) is 0 Å². The number of nitrogens with one attached hydrogen (secondary N) is 1. The first-order valence-corrected chi connectivity index (χ1v) is 7.20. The monoisotopic (exact) mass is 302 g/mol. The highest BCUT2D eigenvalue weighted by atomic mass is 16.5. The molecule has 0 aliphatic carbocycles. The van der Waals surface area contributed by atoms with Crippen molar-refractivity contribution >= 4 is 22.8 Å². The standard InChI is InChI=1S/C15H18N4O3/c1-22-10-13(20)18-6-8-19(9-7-18)15-16-12-5-3-2-4-11(12)14(21)17-15/h2-5H,6-10H2,1H3,(H,16,17,21). The Morgan fingerprint density at radius 3 is 2.73 bits per heavy atom. The zero-order chi connectivity index (χ0) is 15.5. The minimum atomic E-state index is -0.140. The molecule has 116 valence electrons. The van der Waals surface area contributed by atoms with Gasteiger partial charge in [-0.05, 0) is 12.1 Å². The lowest BCUT2D eigenvalue weighted by atomic mass is 10.2. The Hall–Kier alpha value is -2.41. The van der Waals surface area contributed by atoms with E-state index in [9.17, 15) is 9.59 Å². The Morgan fingerprint density at radius 1 is 1.27 bits per heavy atom. The van der Waals surface area contributed by atoms with Crippen LogP contribution in [0.5, 0.6) is 0 Å². The highest BCUT2D eigenvalue weighted by Crippen LogP contribution is 2.13. The average Bonchev–Trinajstić information content (AvgIpc) is 2.55. The van der Waals surface area contributed by atoms with Crippen molar-refractivity contribution in [1.29, 1.82) is 0 Å². The van der Waals surface area contributed by atoms with Crippen LogP contribution in [0.3, 0.4) is 0 Å².